The molecule has 27 heavy (non-hydrogen) atoms. The van der Waals surface area contributed by atoms with Crippen molar-refractivity contribution in [2.24, 2.45) is 0 Å². The second-order valence-corrected chi connectivity index (χ2v) is 7.05. The molecule has 3 rings (SSSR count). The van der Waals surface area contributed by atoms with Crippen molar-refractivity contribution in [2.75, 3.05) is 5.32 Å². The predicted octanol–water partition coefficient (Wildman–Crippen LogP) is 5.74. The van der Waals surface area contributed by atoms with Gasteiger partial charge in [0, 0.05) is 15.6 Å². The van der Waals surface area contributed by atoms with Gasteiger partial charge in [0.25, 0.3) is 5.91 Å². The summed E-state index contributed by atoms with van der Waals surface area (Å²) in [6.07, 6.45) is 0. The maximum absolute atomic E-state index is 12.3. The van der Waals surface area contributed by atoms with Crippen molar-refractivity contribution >= 4 is 63.7 Å². The van der Waals surface area contributed by atoms with Gasteiger partial charge in [-0.1, -0.05) is 34.8 Å². The van der Waals surface area contributed by atoms with Crippen molar-refractivity contribution in [1.82, 2.24) is 5.32 Å². The molecule has 3 aromatic rings. The Morgan fingerprint density at radius 2 is 1.70 bits per heavy atom. The Balaban J connectivity index is 1.70. The van der Waals surface area contributed by atoms with Crippen molar-refractivity contribution in [3.05, 3.63) is 69.4 Å². The number of hydrogen-bond acceptors (Lipinski definition) is 4. The quantitative estimate of drug-likeness (QED) is 0.357. The van der Waals surface area contributed by atoms with Crippen molar-refractivity contribution in [3.8, 4) is 17.1 Å². The van der Waals surface area contributed by atoms with Gasteiger partial charge in [0.2, 0.25) is 0 Å². The average molecular weight is 442 g/mol. The van der Waals surface area contributed by atoms with Gasteiger partial charge in [0.1, 0.15) is 11.5 Å². The SMILES string of the molecule is O=C(NC(=S)Nc1cc(Cl)ccc1O)c1ccc(-c2ccc(Cl)cc2Cl)o1. The molecule has 1 aromatic heterocycles. The second-order valence-electron chi connectivity index (χ2n) is 5.36. The van der Waals surface area contributed by atoms with E-state index in [1.54, 1.807) is 24.3 Å². The number of furan rings is 1. The van der Waals surface area contributed by atoms with E-state index in [4.69, 9.17) is 51.4 Å². The van der Waals surface area contributed by atoms with Crippen LogP contribution >= 0.6 is 47.0 Å². The zero-order valence-corrected chi connectivity index (χ0v) is 16.5. The number of benzene rings is 2. The summed E-state index contributed by atoms with van der Waals surface area (Å²) in [6, 6.07) is 12.5. The Hall–Kier alpha value is -2.25. The van der Waals surface area contributed by atoms with E-state index in [0.29, 0.717) is 26.4 Å². The molecule has 0 saturated carbocycles. The summed E-state index contributed by atoms with van der Waals surface area (Å²) in [4.78, 5) is 12.3. The van der Waals surface area contributed by atoms with Crippen LogP contribution in [0, 0.1) is 0 Å². The molecule has 1 heterocycles. The molecule has 0 aliphatic heterocycles. The minimum atomic E-state index is -0.564. The minimum Gasteiger partial charge on any atom is -0.506 e. The third-order valence-electron chi connectivity index (χ3n) is 3.46. The van der Waals surface area contributed by atoms with Gasteiger partial charge >= 0.3 is 0 Å². The molecule has 9 heteroatoms. The number of phenols is 1. The Labute approximate surface area is 174 Å². The summed E-state index contributed by atoms with van der Waals surface area (Å²) in [5.74, 6) is -0.178. The monoisotopic (exact) mass is 440 g/mol. The fraction of sp³-hybridized carbons (Fsp3) is 0. The van der Waals surface area contributed by atoms with Crippen molar-refractivity contribution in [3.63, 3.8) is 0 Å². The van der Waals surface area contributed by atoms with Crippen molar-refractivity contribution < 1.29 is 14.3 Å². The highest BCUT2D eigenvalue weighted by atomic mass is 35.5. The van der Waals surface area contributed by atoms with E-state index >= 15 is 0 Å². The first-order valence-electron chi connectivity index (χ1n) is 7.49. The minimum absolute atomic E-state index is 0.0277. The molecule has 0 aliphatic rings. The maximum Gasteiger partial charge on any atom is 0.293 e. The van der Waals surface area contributed by atoms with Gasteiger partial charge in [0.05, 0.1) is 10.7 Å². The van der Waals surface area contributed by atoms with E-state index in [1.807, 2.05) is 0 Å². The number of rotatable bonds is 3. The smallest absolute Gasteiger partial charge is 0.293 e. The van der Waals surface area contributed by atoms with E-state index in [9.17, 15) is 9.90 Å². The highest BCUT2D eigenvalue weighted by Gasteiger charge is 2.16. The molecule has 138 valence electrons. The van der Waals surface area contributed by atoms with E-state index in [-0.39, 0.29) is 22.3 Å². The third-order valence-corrected chi connectivity index (χ3v) is 4.45. The van der Waals surface area contributed by atoms with Gasteiger partial charge in [-0.3, -0.25) is 10.1 Å². The number of thiocarbonyl (C=S) groups is 1. The standard InChI is InChI=1S/C18H11Cl3N2O3S/c19-9-1-3-11(12(21)7-9)15-5-6-16(26-15)17(25)23-18(27)22-13-8-10(20)2-4-14(13)24/h1-8,24H,(H2,22,23,25,27). The van der Waals surface area contributed by atoms with Crippen LogP contribution in [0.25, 0.3) is 11.3 Å². The number of anilines is 1. The molecule has 0 aliphatic carbocycles. The zero-order valence-electron chi connectivity index (χ0n) is 13.4. The molecule has 0 spiro atoms. The Kier molecular flexibility index (Phi) is 5.92. The van der Waals surface area contributed by atoms with Crippen LogP contribution in [-0.2, 0) is 0 Å². The lowest BCUT2D eigenvalue weighted by atomic mass is 10.2. The van der Waals surface area contributed by atoms with E-state index in [0.717, 1.165) is 0 Å². The number of carbonyl (C=O) groups excluding carboxylic acids is 1. The molecule has 0 saturated heterocycles. The summed E-state index contributed by atoms with van der Waals surface area (Å²) >= 11 is 23.0. The highest BCUT2D eigenvalue weighted by molar-refractivity contribution is 7.80. The molecule has 1 amide bonds. The molecule has 0 atom stereocenters. The number of nitrogens with one attached hydrogen (secondary N) is 2. The Bertz CT molecular complexity index is 1040. The van der Waals surface area contributed by atoms with Crippen molar-refractivity contribution in [2.45, 2.75) is 0 Å². The highest BCUT2D eigenvalue weighted by Crippen LogP contribution is 2.31. The van der Waals surface area contributed by atoms with Crippen molar-refractivity contribution in [1.29, 1.82) is 0 Å². The molecule has 3 N–H and O–H groups in total. The summed E-state index contributed by atoms with van der Waals surface area (Å²) in [6.45, 7) is 0. The predicted molar refractivity (Wildman–Crippen MR) is 111 cm³/mol. The first kappa shape index (κ1) is 19.5. The number of halogens is 3. The van der Waals surface area contributed by atoms with Crippen LogP contribution in [0.4, 0.5) is 5.69 Å². The molecule has 0 unspecified atom stereocenters. The van der Waals surface area contributed by atoms with Crippen LogP contribution in [0.1, 0.15) is 10.6 Å². The average Bonchev–Trinajstić information content (AvgIpc) is 3.08. The topological polar surface area (TPSA) is 74.5 Å². The van der Waals surface area contributed by atoms with Gasteiger partial charge in [-0.05, 0) is 60.7 Å². The van der Waals surface area contributed by atoms with Gasteiger partial charge in [-0.15, -0.1) is 0 Å². The van der Waals surface area contributed by atoms with E-state index < -0.39 is 5.91 Å². The molecular weight excluding hydrogens is 431 g/mol. The van der Waals surface area contributed by atoms with E-state index in [2.05, 4.69) is 10.6 Å². The summed E-state index contributed by atoms with van der Waals surface area (Å²) in [7, 11) is 0. The lowest BCUT2D eigenvalue weighted by Gasteiger charge is -2.10. The number of amides is 1. The van der Waals surface area contributed by atoms with Crippen LogP contribution < -0.4 is 10.6 Å². The van der Waals surface area contributed by atoms with Gasteiger partial charge in [-0.2, -0.15) is 0 Å². The molecular formula is C18H11Cl3N2O3S. The Morgan fingerprint density at radius 1 is 1.00 bits per heavy atom. The summed E-state index contributed by atoms with van der Waals surface area (Å²) < 4.78 is 5.55. The summed E-state index contributed by atoms with van der Waals surface area (Å²) in [5.41, 5.74) is 0.866. The Morgan fingerprint density at radius 3 is 2.44 bits per heavy atom. The van der Waals surface area contributed by atoms with Crippen LogP contribution in [0.2, 0.25) is 15.1 Å². The number of carbonyl (C=O) groups is 1. The van der Waals surface area contributed by atoms with Gasteiger partial charge in [0.15, 0.2) is 10.9 Å². The fourth-order valence-corrected chi connectivity index (χ4v) is 3.10. The first-order valence-corrected chi connectivity index (χ1v) is 9.04. The number of aromatic hydroxyl groups is 1. The summed E-state index contributed by atoms with van der Waals surface area (Å²) in [5, 5.41) is 16.2. The number of hydrogen-bond donors (Lipinski definition) is 3. The van der Waals surface area contributed by atoms with Crippen LogP contribution in [-0.4, -0.2) is 16.1 Å². The fourth-order valence-electron chi connectivity index (χ4n) is 2.22. The van der Waals surface area contributed by atoms with Gasteiger partial charge < -0.3 is 14.8 Å². The normalized spacial score (nSPS) is 10.5. The van der Waals surface area contributed by atoms with Crippen LogP contribution in [0.3, 0.4) is 0 Å². The van der Waals surface area contributed by atoms with Crippen LogP contribution in [0.15, 0.2) is 52.9 Å². The lowest BCUT2D eigenvalue weighted by molar-refractivity contribution is 0.0951. The van der Waals surface area contributed by atoms with Crippen LogP contribution in [0.5, 0.6) is 5.75 Å². The van der Waals surface area contributed by atoms with E-state index in [1.165, 1.54) is 24.3 Å². The largest absolute Gasteiger partial charge is 0.506 e. The molecule has 5 nitrogen and oxygen atoms in total. The lowest BCUT2D eigenvalue weighted by Crippen LogP contribution is -2.33. The third kappa shape index (κ3) is 4.73. The molecule has 2 aromatic carbocycles. The molecule has 0 radical (unpaired) electrons. The first-order chi connectivity index (χ1) is 12.8. The zero-order chi connectivity index (χ0) is 19.6. The molecule has 0 bridgehead atoms. The van der Waals surface area contributed by atoms with Gasteiger partial charge in [-0.25, -0.2) is 0 Å². The molecule has 0 fully saturated rings. The maximum atomic E-state index is 12.3. The second kappa shape index (κ2) is 8.19. The number of phenolic OH excluding ortho intramolecular Hbond substituents is 1.